The number of alkyl carbamates (subject to hydrolysis) is 1. The van der Waals surface area contributed by atoms with E-state index in [4.69, 9.17) is 9.47 Å². The number of hydrogen-bond donors (Lipinski definition) is 1. The quantitative estimate of drug-likeness (QED) is 0.906. The number of amides is 1. The summed E-state index contributed by atoms with van der Waals surface area (Å²) in [5, 5.41) is 2.74. The minimum atomic E-state index is -0.414. The van der Waals surface area contributed by atoms with E-state index in [1.54, 1.807) is 6.26 Å². The molecule has 0 bridgehead atoms. The second-order valence-electron chi connectivity index (χ2n) is 4.89. The molecule has 19 heavy (non-hydrogen) atoms. The summed E-state index contributed by atoms with van der Waals surface area (Å²) >= 11 is 0. The predicted octanol–water partition coefficient (Wildman–Crippen LogP) is 3.00. The topological polar surface area (TPSA) is 47.6 Å². The molecule has 0 saturated heterocycles. The SMILES string of the molecule is C[C@@]1(CNC(=O)OCc2ccccc2)CCC=CO1. The van der Waals surface area contributed by atoms with Crippen molar-refractivity contribution < 1.29 is 14.3 Å². The lowest BCUT2D eigenvalue weighted by Gasteiger charge is -2.31. The molecule has 1 heterocycles. The van der Waals surface area contributed by atoms with Gasteiger partial charge in [-0.15, -0.1) is 0 Å². The Morgan fingerprint density at radius 3 is 2.89 bits per heavy atom. The van der Waals surface area contributed by atoms with Gasteiger partial charge in [0.1, 0.15) is 12.2 Å². The van der Waals surface area contributed by atoms with E-state index in [1.165, 1.54) is 0 Å². The molecular weight excluding hydrogens is 242 g/mol. The Labute approximate surface area is 113 Å². The highest BCUT2D eigenvalue weighted by Gasteiger charge is 2.27. The first kappa shape index (κ1) is 13.5. The lowest BCUT2D eigenvalue weighted by molar-refractivity contribution is 0.0209. The largest absolute Gasteiger partial charge is 0.494 e. The Balaban J connectivity index is 1.71. The van der Waals surface area contributed by atoms with E-state index < -0.39 is 6.09 Å². The molecule has 1 aromatic rings. The van der Waals surface area contributed by atoms with Crippen molar-refractivity contribution in [3.05, 3.63) is 48.2 Å². The number of nitrogens with one attached hydrogen (secondary N) is 1. The second kappa shape index (κ2) is 6.27. The van der Waals surface area contributed by atoms with E-state index in [9.17, 15) is 4.79 Å². The smallest absolute Gasteiger partial charge is 0.407 e. The predicted molar refractivity (Wildman–Crippen MR) is 72.5 cm³/mol. The molecule has 1 amide bonds. The van der Waals surface area contributed by atoms with E-state index in [0.29, 0.717) is 6.54 Å². The van der Waals surface area contributed by atoms with E-state index in [0.717, 1.165) is 18.4 Å². The summed E-state index contributed by atoms with van der Waals surface area (Å²) in [7, 11) is 0. The maximum atomic E-state index is 11.6. The van der Waals surface area contributed by atoms with Gasteiger partial charge in [0.2, 0.25) is 0 Å². The van der Waals surface area contributed by atoms with Gasteiger partial charge in [0.25, 0.3) is 0 Å². The summed E-state index contributed by atoms with van der Waals surface area (Å²) in [6, 6.07) is 9.60. The molecule has 1 aliphatic heterocycles. The fourth-order valence-electron chi connectivity index (χ4n) is 1.89. The average molecular weight is 261 g/mol. The minimum absolute atomic E-state index is 0.282. The maximum Gasteiger partial charge on any atom is 0.407 e. The summed E-state index contributed by atoms with van der Waals surface area (Å²) in [6.07, 6.45) is 5.12. The van der Waals surface area contributed by atoms with Gasteiger partial charge in [0.05, 0.1) is 12.8 Å². The van der Waals surface area contributed by atoms with Crippen LogP contribution in [0.15, 0.2) is 42.7 Å². The number of hydrogen-bond acceptors (Lipinski definition) is 3. The van der Waals surface area contributed by atoms with Crippen molar-refractivity contribution in [1.82, 2.24) is 5.32 Å². The van der Waals surface area contributed by atoms with Crippen LogP contribution in [0.25, 0.3) is 0 Å². The van der Waals surface area contributed by atoms with E-state index in [2.05, 4.69) is 5.32 Å². The van der Waals surface area contributed by atoms with Gasteiger partial charge in [-0.3, -0.25) is 0 Å². The van der Waals surface area contributed by atoms with Crippen molar-refractivity contribution in [3.8, 4) is 0 Å². The Hall–Kier alpha value is -1.97. The van der Waals surface area contributed by atoms with Gasteiger partial charge in [-0.05, 0) is 31.4 Å². The van der Waals surface area contributed by atoms with Crippen LogP contribution in [0.1, 0.15) is 25.3 Å². The first-order chi connectivity index (χ1) is 9.18. The van der Waals surface area contributed by atoms with Gasteiger partial charge in [-0.1, -0.05) is 30.3 Å². The molecule has 0 radical (unpaired) electrons. The molecule has 1 N–H and O–H groups in total. The number of carbonyl (C=O) groups is 1. The van der Waals surface area contributed by atoms with Crippen molar-refractivity contribution in [2.45, 2.75) is 32.0 Å². The lowest BCUT2D eigenvalue weighted by atomic mass is 9.98. The number of ether oxygens (including phenoxy) is 2. The highest BCUT2D eigenvalue weighted by Crippen LogP contribution is 2.21. The fraction of sp³-hybridized carbons (Fsp3) is 0.400. The summed E-state index contributed by atoms with van der Waals surface area (Å²) < 4.78 is 10.7. The van der Waals surface area contributed by atoms with Crippen molar-refractivity contribution >= 4 is 6.09 Å². The fourth-order valence-corrected chi connectivity index (χ4v) is 1.89. The number of allylic oxidation sites excluding steroid dienone is 1. The molecule has 0 aromatic heterocycles. The molecule has 2 rings (SSSR count). The summed E-state index contributed by atoms with van der Waals surface area (Å²) in [6.45, 7) is 2.71. The van der Waals surface area contributed by atoms with Crippen LogP contribution in [0.2, 0.25) is 0 Å². The maximum absolute atomic E-state index is 11.6. The number of rotatable bonds is 4. The van der Waals surface area contributed by atoms with Gasteiger partial charge in [-0.25, -0.2) is 4.79 Å². The van der Waals surface area contributed by atoms with Crippen molar-refractivity contribution in [1.29, 1.82) is 0 Å². The molecule has 1 atom stereocenters. The van der Waals surface area contributed by atoms with Crippen molar-refractivity contribution in [2.75, 3.05) is 6.54 Å². The summed E-state index contributed by atoms with van der Waals surface area (Å²) in [5.41, 5.74) is 0.640. The Kier molecular flexibility index (Phi) is 4.44. The molecule has 0 saturated carbocycles. The molecule has 1 aromatic carbocycles. The standard InChI is InChI=1S/C15H19NO3/c1-15(9-5-6-10-19-15)12-16-14(17)18-11-13-7-3-2-4-8-13/h2-4,6-8,10H,5,9,11-12H2,1H3,(H,16,17)/t15-/m0/s1. The van der Waals surface area contributed by atoms with Gasteiger partial charge < -0.3 is 14.8 Å². The normalized spacial score (nSPS) is 21.5. The Morgan fingerprint density at radius 2 is 2.21 bits per heavy atom. The highest BCUT2D eigenvalue weighted by atomic mass is 16.5. The van der Waals surface area contributed by atoms with Gasteiger partial charge in [0.15, 0.2) is 0 Å². The van der Waals surface area contributed by atoms with Crippen LogP contribution in [0, 0.1) is 0 Å². The zero-order chi connectivity index (χ0) is 13.6. The zero-order valence-electron chi connectivity index (χ0n) is 11.1. The number of carbonyl (C=O) groups excluding carboxylic acids is 1. The molecule has 1 aliphatic rings. The van der Waals surface area contributed by atoms with Crippen LogP contribution in [0.5, 0.6) is 0 Å². The average Bonchev–Trinajstić information content (AvgIpc) is 2.45. The van der Waals surface area contributed by atoms with E-state index in [-0.39, 0.29) is 12.2 Å². The van der Waals surface area contributed by atoms with Gasteiger partial charge in [0, 0.05) is 0 Å². The summed E-state index contributed by atoms with van der Waals surface area (Å²) in [4.78, 5) is 11.6. The van der Waals surface area contributed by atoms with Crippen molar-refractivity contribution in [2.24, 2.45) is 0 Å². The van der Waals surface area contributed by atoms with Crippen LogP contribution in [0.4, 0.5) is 4.79 Å². The van der Waals surface area contributed by atoms with E-state index in [1.807, 2.05) is 43.3 Å². The van der Waals surface area contributed by atoms with Crippen LogP contribution >= 0.6 is 0 Å². The molecule has 4 heteroatoms. The molecule has 4 nitrogen and oxygen atoms in total. The molecule has 0 fully saturated rings. The van der Waals surface area contributed by atoms with Crippen LogP contribution in [-0.4, -0.2) is 18.2 Å². The number of benzene rings is 1. The van der Waals surface area contributed by atoms with Gasteiger partial charge >= 0.3 is 6.09 Å². The van der Waals surface area contributed by atoms with Crippen LogP contribution in [0.3, 0.4) is 0 Å². The van der Waals surface area contributed by atoms with Gasteiger partial charge in [-0.2, -0.15) is 0 Å². The first-order valence-corrected chi connectivity index (χ1v) is 6.45. The first-order valence-electron chi connectivity index (χ1n) is 6.45. The van der Waals surface area contributed by atoms with Crippen LogP contribution in [-0.2, 0) is 16.1 Å². The van der Waals surface area contributed by atoms with E-state index >= 15 is 0 Å². The lowest BCUT2D eigenvalue weighted by Crippen LogP contribution is -2.42. The molecular formula is C15H19NO3. The highest BCUT2D eigenvalue weighted by molar-refractivity contribution is 5.67. The molecule has 102 valence electrons. The molecule has 0 aliphatic carbocycles. The zero-order valence-corrected chi connectivity index (χ0v) is 11.1. The Bertz CT molecular complexity index is 444. The van der Waals surface area contributed by atoms with Crippen LogP contribution < -0.4 is 5.32 Å². The van der Waals surface area contributed by atoms with Crippen molar-refractivity contribution in [3.63, 3.8) is 0 Å². The molecule has 0 spiro atoms. The minimum Gasteiger partial charge on any atom is -0.494 e. The third kappa shape index (κ3) is 4.32. The Morgan fingerprint density at radius 1 is 1.42 bits per heavy atom. The third-order valence-corrected chi connectivity index (χ3v) is 3.11. The molecule has 0 unspecified atom stereocenters. The second-order valence-corrected chi connectivity index (χ2v) is 4.89. The summed E-state index contributed by atoms with van der Waals surface area (Å²) in [5.74, 6) is 0. The third-order valence-electron chi connectivity index (χ3n) is 3.11. The monoisotopic (exact) mass is 261 g/mol.